The van der Waals surface area contributed by atoms with Crippen molar-refractivity contribution in [1.29, 1.82) is 0 Å². The van der Waals surface area contributed by atoms with Crippen LogP contribution in [0.25, 0.3) is 0 Å². The summed E-state index contributed by atoms with van der Waals surface area (Å²) in [6, 6.07) is 15.5. The normalized spacial score (nSPS) is 10.2. The maximum Gasteiger partial charge on any atom is 0.232 e. The van der Waals surface area contributed by atoms with Gasteiger partial charge in [0.15, 0.2) is 0 Å². The van der Waals surface area contributed by atoms with Gasteiger partial charge in [0.25, 0.3) is 0 Å². The first kappa shape index (κ1) is 17.2. The number of methoxy groups -OCH3 is 2. The maximum atomic E-state index is 12.2. The van der Waals surface area contributed by atoms with Gasteiger partial charge in [0.2, 0.25) is 5.91 Å². The molecule has 1 amide bonds. The fourth-order valence-corrected chi connectivity index (χ4v) is 2.90. The maximum absolute atomic E-state index is 12.2. The van der Waals surface area contributed by atoms with Gasteiger partial charge in [-0.3, -0.25) is 4.79 Å². The van der Waals surface area contributed by atoms with Gasteiger partial charge in [-0.1, -0.05) is 12.1 Å². The smallest absolute Gasteiger partial charge is 0.232 e. The van der Waals surface area contributed by atoms with Gasteiger partial charge in [-0.05, 0) is 42.0 Å². The van der Waals surface area contributed by atoms with Crippen molar-refractivity contribution in [3.8, 4) is 11.5 Å². The number of nitrogens with zero attached hydrogens (tertiary/aromatic N) is 1. The van der Waals surface area contributed by atoms with E-state index in [0.29, 0.717) is 12.3 Å². The minimum Gasteiger partial charge on any atom is -0.497 e. The Morgan fingerprint density at radius 1 is 1.04 bits per heavy atom. The first-order valence-corrected chi connectivity index (χ1v) is 8.24. The highest BCUT2D eigenvalue weighted by Gasteiger charge is 2.10. The predicted octanol–water partition coefficient (Wildman–Crippen LogP) is 3.45. The van der Waals surface area contributed by atoms with Gasteiger partial charge in [-0.2, -0.15) is 0 Å². The molecule has 0 bridgehead atoms. The third-order valence-corrected chi connectivity index (χ3v) is 4.40. The van der Waals surface area contributed by atoms with E-state index >= 15 is 0 Å². The van der Waals surface area contributed by atoms with Crippen LogP contribution in [0.5, 0.6) is 11.5 Å². The van der Waals surface area contributed by atoms with Crippen molar-refractivity contribution in [2.45, 2.75) is 11.4 Å². The fraction of sp³-hybridized carbons (Fsp3) is 0.278. The Labute approximate surface area is 141 Å². The third-order valence-electron chi connectivity index (χ3n) is 3.40. The summed E-state index contributed by atoms with van der Waals surface area (Å²) in [6.45, 7) is 0.569. The largest absolute Gasteiger partial charge is 0.497 e. The van der Waals surface area contributed by atoms with Gasteiger partial charge in [-0.25, -0.2) is 0 Å². The van der Waals surface area contributed by atoms with Crippen LogP contribution >= 0.6 is 11.8 Å². The first-order chi connectivity index (χ1) is 11.1. The molecule has 0 aliphatic rings. The SMILES string of the molecule is COc1ccc(SCC(=O)N(C)Cc2cccc(OC)c2)cc1. The Hall–Kier alpha value is -2.14. The van der Waals surface area contributed by atoms with E-state index in [1.807, 2.05) is 55.6 Å². The van der Waals surface area contributed by atoms with Gasteiger partial charge < -0.3 is 14.4 Å². The van der Waals surface area contributed by atoms with E-state index in [0.717, 1.165) is 22.0 Å². The Kier molecular flexibility index (Phi) is 6.35. The van der Waals surface area contributed by atoms with E-state index in [4.69, 9.17) is 9.47 Å². The lowest BCUT2D eigenvalue weighted by Crippen LogP contribution is -2.27. The Balaban J connectivity index is 1.86. The summed E-state index contributed by atoms with van der Waals surface area (Å²) in [5.74, 6) is 2.12. The summed E-state index contributed by atoms with van der Waals surface area (Å²) in [4.78, 5) is 15.0. The van der Waals surface area contributed by atoms with Crippen molar-refractivity contribution in [2.75, 3.05) is 27.0 Å². The number of carbonyl (C=O) groups excluding carboxylic acids is 1. The highest BCUT2D eigenvalue weighted by atomic mass is 32.2. The number of thioether (sulfide) groups is 1. The molecule has 0 atom stereocenters. The van der Waals surface area contributed by atoms with Crippen molar-refractivity contribution in [3.05, 3.63) is 54.1 Å². The standard InChI is InChI=1S/C18H21NO3S/c1-19(12-14-5-4-6-16(11-14)22-3)18(20)13-23-17-9-7-15(21-2)8-10-17/h4-11H,12-13H2,1-3H3. The highest BCUT2D eigenvalue weighted by Crippen LogP contribution is 2.22. The monoisotopic (exact) mass is 331 g/mol. The van der Waals surface area contributed by atoms with E-state index in [2.05, 4.69) is 0 Å². The molecule has 122 valence electrons. The zero-order valence-corrected chi connectivity index (χ0v) is 14.4. The second-order valence-corrected chi connectivity index (χ2v) is 6.11. The molecule has 2 aromatic carbocycles. The molecule has 2 rings (SSSR count). The fourth-order valence-electron chi connectivity index (χ4n) is 2.06. The molecule has 4 nitrogen and oxygen atoms in total. The molecule has 23 heavy (non-hydrogen) atoms. The molecule has 5 heteroatoms. The van der Waals surface area contributed by atoms with E-state index in [9.17, 15) is 4.79 Å². The summed E-state index contributed by atoms with van der Waals surface area (Å²) < 4.78 is 10.3. The van der Waals surface area contributed by atoms with Crippen LogP contribution in [0.1, 0.15) is 5.56 Å². The zero-order valence-electron chi connectivity index (χ0n) is 13.6. The molecule has 0 saturated heterocycles. The Bertz CT molecular complexity index is 643. The second kappa shape index (κ2) is 8.48. The molecule has 0 aliphatic heterocycles. The molecule has 0 aromatic heterocycles. The molecule has 0 heterocycles. The van der Waals surface area contributed by atoms with Crippen molar-refractivity contribution in [2.24, 2.45) is 0 Å². The predicted molar refractivity (Wildman–Crippen MR) is 93.2 cm³/mol. The zero-order chi connectivity index (χ0) is 16.7. The Morgan fingerprint density at radius 3 is 2.39 bits per heavy atom. The average Bonchev–Trinajstić information content (AvgIpc) is 2.60. The van der Waals surface area contributed by atoms with Crippen molar-refractivity contribution in [1.82, 2.24) is 4.90 Å². The number of carbonyl (C=O) groups is 1. The van der Waals surface area contributed by atoms with Crippen molar-refractivity contribution < 1.29 is 14.3 Å². The van der Waals surface area contributed by atoms with Crippen LogP contribution in [0.4, 0.5) is 0 Å². The number of benzene rings is 2. The summed E-state index contributed by atoms with van der Waals surface area (Å²) in [5, 5.41) is 0. The molecular weight excluding hydrogens is 310 g/mol. The minimum absolute atomic E-state index is 0.0913. The summed E-state index contributed by atoms with van der Waals surface area (Å²) in [5.41, 5.74) is 1.05. The van der Waals surface area contributed by atoms with Crippen LogP contribution in [0, 0.1) is 0 Å². The quantitative estimate of drug-likeness (QED) is 0.729. The molecular formula is C18H21NO3S. The summed E-state index contributed by atoms with van der Waals surface area (Å²) >= 11 is 1.52. The van der Waals surface area contributed by atoms with Crippen LogP contribution < -0.4 is 9.47 Å². The number of ether oxygens (including phenoxy) is 2. The van der Waals surface area contributed by atoms with Crippen molar-refractivity contribution >= 4 is 17.7 Å². The van der Waals surface area contributed by atoms with E-state index < -0.39 is 0 Å². The van der Waals surface area contributed by atoms with E-state index in [1.54, 1.807) is 19.1 Å². The first-order valence-electron chi connectivity index (χ1n) is 7.26. The van der Waals surface area contributed by atoms with E-state index in [-0.39, 0.29) is 5.91 Å². The van der Waals surface area contributed by atoms with Crippen LogP contribution in [0.2, 0.25) is 0 Å². The minimum atomic E-state index is 0.0913. The molecule has 2 aromatic rings. The van der Waals surface area contributed by atoms with Gasteiger partial charge in [-0.15, -0.1) is 11.8 Å². The van der Waals surface area contributed by atoms with Gasteiger partial charge >= 0.3 is 0 Å². The van der Waals surface area contributed by atoms with E-state index in [1.165, 1.54) is 11.8 Å². The number of amides is 1. The van der Waals surface area contributed by atoms with Crippen LogP contribution in [0.15, 0.2) is 53.4 Å². The lowest BCUT2D eigenvalue weighted by atomic mass is 10.2. The average molecular weight is 331 g/mol. The second-order valence-electron chi connectivity index (χ2n) is 5.07. The third kappa shape index (κ3) is 5.21. The van der Waals surface area contributed by atoms with Crippen LogP contribution in [-0.2, 0) is 11.3 Å². The van der Waals surface area contributed by atoms with Gasteiger partial charge in [0, 0.05) is 18.5 Å². The topological polar surface area (TPSA) is 38.8 Å². The number of hydrogen-bond acceptors (Lipinski definition) is 4. The van der Waals surface area contributed by atoms with Crippen LogP contribution in [0.3, 0.4) is 0 Å². The molecule has 0 aliphatic carbocycles. The molecule has 0 saturated carbocycles. The number of hydrogen-bond donors (Lipinski definition) is 0. The molecule has 0 radical (unpaired) electrons. The highest BCUT2D eigenvalue weighted by molar-refractivity contribution is 8.00. The van der Waals surface area contributed by atoms with Crippen LogP contribution in [-0.4, -0.2) is 37.8 Å². The van der Waals surface area contributed by atoms with Gasteiger partial charge in [0.1, 0.15) is 11.5 Å². The number of rotatable bonds is 7. The lowest BCUT2D eigenvalue weighted by Gasteiger charge is -2.17. The molecule has 0 unspecified atom stereocenters. The molecule has 0 N–H and O–H groups in total. The summed E-state index contributed by atoms with van der Waals surface area (Å²) in [7, 11) is 5.09. The Morgan fingerprint density at radius 2 is 1.74 bits per heavy atom. The molecule has 0 fully saturated rings. The van der Waals surface area contributed by atoms with Gasteiger partial charge in [0.05, 0.1) is 20.0 Å². The summed E-state index contributed by atoms with van der Waals surface area (Å²) in [6.07, 6.45) is 0. The van der Waals surface area contributed by atoms with Crippen molar-refractivity contribution in [3.63, 3.8) is 0 Å². The molecule has 0 spiro atoms. The lowest BCUT2D eigenvalue weighted by molar-refractivity contribution is -0.127.